The normalized spacial score (nSPS) is 16.2. The summed E-state index contributed by atoms with van der Waals surface area (Å²) in [5.41, 5.74) is 2.35. The molecule has 2 aliphatic rings. The van der Waals surface area contributed by atoms with E-state index in [-0.39, 0.29) is 24.3 Å². The van der Waals surface area contributed by atoms with Crippen molar-refractivity contribution in [1.29, 1.82) is 0 Å². The molecule has 2 heterocycles. The number of anilines is 1. The van der Waals surface area contributed by atoms with Crippen LogP contribution in [0.4, 0.5) is 14.7 Å². The van der Waals surface area contributed by atoms with Gasteiger partial charge in [-0.1, -0.05) is 11.2 Å². The first-order chi connectivity index (χ1) is 15.6. The van der Waals surface area contributed by atoms with Gasteiger partial charge in [0.1, 0.15) is 17.3 Å². The third-order valence-corrected chi connectivity index (χ3v) is 5.83. The van der Waals surface area contributed by atoms with Crippen molar-refractivity contribution in [3.8, 4) is 11.3 Å². The highest BCUT2D eigenvalue weighted by molar-refractivity contribution is 5.94. The predicted molar refractivity (Wildman–Crippen MR) is 114 cm³/mol. The van der Waals surface area contributed by atoms with Crippen LogP contribution in [0.2, 0.25) is 0 Å². The monoisotopic (exact) mass is 439 g/mol. The summed E-state index contributed by atoms with van der Waals surface area (Å²) in [4.78, 5) is 17.1. The second-order valence-electron chi connectivity index (χ2n) is 8.10. The topological polar surface area (TPSA) is 58.8 Å². The van der Waals surface area contributed by atoms with Gasteiger partial charge in [-0.25, -0.2) is 8.78 Å². The maximum Gasteiger partial charge on any atom is 0.254 e. The van der Waals surface area contributed by atoms with Crippen LogP contribution in [0.3, 0.4) is 0 Å². The first-order valence-corrected chi connectivity index (χ1v) is 10.7. The van der Waals surface area contributed by atoms with Crippen molar-refractivity contribution < 1.29 is 22.8 Å². The molecular formula is C24H23F2N3O3. The van der Waals surface area contributed by atoms with Gasteiger partial charge in [0.15, 0.2) is 0 Å². The Kier molecular flexibility index (Phi) is 5.61. The Morgan fingerprint density at radius 3 is 2.50 bits per heavy atom. The molecule has 1 saturated heterocycles. The molecule has 0 radical (unpaired) electrons. The average molecular weight is 439 g/mol. The standard InChI is InChI=1S/C24H23F2N3O3/c25-18-6-4-16(5-7-18)22-21(24(32-27-22)28-10-12-31-13-11-28)15-29(20-8-9-20)23(30)17-2-1-3-19(26)14-17/h1-7,14,20H,8-13,15H2. The van der Waals surface area contributed by atoms with Gasteiger partial charge in [0.25, 0.3) is 5.91 Å². The Morgan fingerprint density at radius 1 is 1.06 bits per heavy atom. The quantitative estimate of drug-likeness (QED) is 0.575. The molecular weight excluding hydrogens is 416 g/mol. The van der Waals surface area contributed by atoms with Crippen LogP contribution in [0.15, 0.2) is 53.1 Å². The average Bonchev–Trinajstić information content (AvgIpc) is 3.57. The summed E-state index contributed by atoms with van der Waals surface area (Å²) in [5.74, 6) is -0.429. The van der Waals surface area contributed by atoms with Crippen molar-refractivity contribution in [2.24, 2.45) is 0 Å². The number of aromatic nitrogens is 1. The number of amides is 1. The van der Waals surface area contributed by atoms with Gasteiger partial charge in [-0.15, -0.1) is 0 Å². The zero-order valence-corrected chi connectivity index (χ0v) is 17.5. The molecule has 2 fully saturated rings. The van der Waals surface area contributed by atoms with Crippen LogP contribution in [0.1, 0.15) is 28.8 Å². The number of carbonyl (C=O) groups excluding carboxylic acids is 1. The number of morpholine rings is 1. The molecule has 0 spiro atoms. The molecule has 1 aliphatic carbocycles. The van der Waals surface area contributed by atoms with Crippen molar-refractivity contribution in [2.75, 3.05) is 31.2 Å². The fraction of sp³-hybridized carbons (Fsp3) is 0.333. The summed E-state index contributed by atoms with van der Waals surface area (Å²) in [7, 11) is 0. The minimum Gasteiger partial charge on any atom is -0.378 e. The molecule has 6 nitrogen and oxygen atoms in total. The van der Waals surface area contributed by atoms with E-state index in [0.29, 0.717) is 49.0 Å². The molecule has 1 amide bonds. The van der Waals surface area contributed by atoms with E-state index < -0.39 is 5.82 Å². The number of rotatable bonds is 6. The van der Waals surface area contributed by atoms with Gasteiger partial charge in [0.2, 0.25) is 5.88 Å². The van der Waals surface area contributed by atoms with E-state index in [4.69, 9.17) is 9.26 Å². The Hall–Kier alpha value is -3.26. The Balaban J connectivity index is 1.52. The zero-order valence-electron chi connectivity index (χ0n) is 17.5. The summed E-state index contributed by atoms with van der Waals surface area (Å²) in [6.07, 6.45) is 1.79. The summed E-state index contributed by atoms with van der Waals surface area (Å²) in [6, 6.07) is 11.9. The molecule has 166 valence electrons. The number of ether oxygens (including phenoxy) is 1. The van der Waals surface area contributed by atoms with Gasteiger partial charge in [-0.05, 0) is 55.3 Å². The number of hydrogen-bond acceptors (Lipinski definition) is 5. The highest BCUT2D eigenvalue weighted by Gasteiger charge is 2.36. The number of hydrogen-bond donors (Lipinski definition) is 0. The fourth-order valence-electron chi connectivity index (χ4n) is 4.00. The van der Waals surface area contributed by atoms with Gasteiger partial charge in [0, 0.05) is 30.3 Å². The van der Waals surface area contributed by atoms with Crippen molar-refractivity contribution in [3.63, 3.8) is 0 Å². The highest BCUT2D eigenvalue weighted by atomic mass is 19.1. The number of nitrogens with zero attached hydrogens (tertiary/aromatic N) is 3. The van der Waals surface area contributed by atoms with Gasteiger partial charge >= 0.3 is 0 Å². The van der Waals surface area contributed by atoms with Crippen LogP contribution < -0.4 is 4.90 Å². The summed E-state index contributed by atoms with van der Waals surface area (Å²) >= 11 is 0. The minimum absolute atomic E-state index is 0.0827. The lowest BCUT2D eigenvalue weighted by atomic mass is 10.1. The second kappa shape index (κ2) is 8.70. The third kappa shape index (κ3) is 4.23. The van der Waals surface area contributed by atoms with Crippen LogP contribution in [-0.2, 0) is 11.3 Å². The zero-order chi connectivity index (χ0) is 22.1. The lowest BCUT2D eigenvalue weighted by molar-refractivity contribution is 0.0729. The van der Waals surface area contributed by atoms with Crippen LogP contribution >= 0.6 is 0 Å². The largest absolute Gasteiger partial charge is 0.378 e. The van der Waals surface area contributed by atoms with Crippen molar-refractivity contribution in [2.45, 2.75) is 25.4 Å². The van der Waals surface area contributed by atoms with E-state index in [9.17, 15) is 13.6 Å². The molecule has 0 atom stereocenters. The van der Waals surface area contributed by atoms with E-state index in [1.165, 1.54) is 30.3 Å². The SMILES string of the molecule is O=C(c1cccc(F)c1)N(Cc1c(-c2ccc(F)cc2)noc1N1CCOCC1)C1CC1. The lowest BCUT2D eigenvalue weighted by Gasteiger charge is -2.28. The van der Waals surface area contributed by atoms with Crippen molar-refractivity contribution in [3.05, 3.63) is 71.3 Å². The first kappa shape index (κ1) is 20.6. The van der Waals surface area contributed by atoms with E-state index in [1.54, 1.807) is 23.1 Å². The van der Waals surface area contributed by atoms with Gasteiger partial charge in [-0.3, -0.25) is 4.79 Å². The second-order valence-corrected chi connectivity index (χ2v) is 8.10. The molecule has 0 unspecified atom stereocenters. The third-order valence-electron chi connectivity index (χ3n) is 5.83. The molecule has 1 saturated carbocycles. The Morgan fingerprint density at radius 2 is 1.81 bits per heavy atom. The molecule has 8 heteroatoms. The predicted octanol–water partition coefficient (Wildman–Crippen LogP) is 4.26. The minimum atomic E-state index is -0.447. The maximum atomic E-state index is 13.8. The first-order valence-electron chi connectivity index (χ1n) is 10.7. The number of carbonyl (C=O) groups is 1. The van der Waals surface area contributed by atoms with Crippen molar-refractivity contribution in [1.82, 2.24) is 10.1 Å². The van der Waals surface area contributed by atoms with Crippen LogP contribution in [-0.4, -0.2) is 48.3 Å². The Bertz CT molecular complexity index is 1110. The molecule has 1 aromatic heterocycles. The highest BCUT2D eigenvalue weighted by Crippen LogP contribution is 2.37. The van der Waals surface area contributed by atoms with E-state index in [0.717, 1.165) is 18.4 Å². The molecule has 0 N–H and O–H groups in total. The lowest BCUT2D eigenvalue weighted by Crippen LogP contribution is -2.37. The smallest absolute Gasteiger partial charge is 0.254 e. The molecule has 32 heavy (non-hydrogen) atoms. The van der Waals surface area contributed by atoms with Gasteiger partial charge in [0.05, 0.1) is 25.3 Å². The van der Waals surface area contributed by atoms with E-state index >= 15 is 0 Å². The van der Waals surface area contributed by atoms with Crippen LogP contribution in [0.25, 0.3) is 11.3 Å². The summed E-state index contributed by atoms with van der Waals surface area (Å²) in [6.45, 7) is 2.70. The van der Waals surface area contributed by atoms with Crippen LogP contribution in [0.5, 0.6) is 0 Å². The maximum absolute atomic E-state index is 13.8. The molecule has 1 aliphatic heterocycles. The molecule has 2 aromatic carbocycles. The number of benzene rings is 2. The van der Waals surface area contributed by atoms with Crippen molar-refractivity contribution >= 4 is 11.8 Å². The van der Waals surface area contributed by atoms with Gasteiger partial charge < -0.3 is 19.1 Å². The molecule has 0 bridgehead atoms. The van der Waals surface area contributed by atoms with Crippen LogP contribution in [0, 0.1) is 11.6 Å². The summed E-state index contributed by atoms with van der Waals surface area (Å²) < 4.78 is 38.5. The molecule has 5 rings (SSSR count). The van der Waals surface area contributed by atoms with E-state index in [2.05, 4.69) is 10.1 Å². The van der Waals surface area contributed by atoms with E-state index in [1.807, 2.05) is 0 Å². The summed E-state index contributed by atoms with van der Waals surface area (Å²) in [5, 5.41) is 4.29. The molecule has 3 aromatic rings. The number of halogens is 2. The van der Waals surface area contributed by atoms with Gasteiger partial charge in [-0.2, -0.15) is 0 Å². The Labute approximate surface area is 184 Å². The fourth-order valence-corrected chi connectivity index (χ4v) is 4.00.